The minimum absolute atomic E-state index is 0.358. The van der Waals surface area contributed by atoms with Crippen LogP contribution in [0, 0.1) is 0 Å². The molecule has 1 saturated heterocycles. The second-order valence-corrected chi connectivity index (χ2v) is 3.96. The number of hydrogen-bond donors (Lipinski definition) is 0. The van der Waals surface area contributed by atoms with Crippen LogP contribution < -0.4 is 0 Å². The van der Waals surface area contributed by atoms with Gasteiger partial charge in [0.1, 0.15) is 11.2 Å². The van der Waals surface area contributed by atoms with Gasteiger partial charge in [0.2, 0.25) is 0 Å². The first-order chi connectivity index (χ1) is 7.28. The van der Waals surface area contributed by atoms with Crippen LogP contribution in [0.5, 0.6) is 0 Å². The summed E-state index contributed by atoms with van der Waals surface area (Å²) in [5, 5.41) is 0. The van der Waals surface area contributed by atoms with E-state index in [9.17, 15) is 0 Å². The smallest absolute Gasteiger partial charge is 0.149 e. The Kier molecular flexibility index (Phi) is 1.45. The van der Waals surface area contributed by atoms with Gasteiger partial charge in [0.25, 0.3) is 0 Å². The third-order valence-corrected chi connectivity index (χ3v) is 3.33. The highest BCUT2D eigenvalue weighted by Crippen LogP contribution is 2.61. The highest BCUT2D eigenvalue weighted by Gasteiger charge is 2.67. The lowest BCUT2D eigenvalue weighted by Crippen LogP contribution is -2.21. The van der Waals surface area contributed by atoms with Crippen LogP contribution >= 0.6 is 0 Å². The molecule has 1 aromatic rings. The Balaban J connectivity index is 2.27. The van der Waals surface area contributed by atoms with Crippen molar-refractivity contribution in [2.24, 2.45) is 0 Å². The summed E-state index contributed by atoms with van der Waals surface area (Å²) in [4.78, 5) is 0. The maximum Gasteiger partial charge on any atom is 0.149 e. The lowest BCUT2D eigenvalue weighted by molar-refractivity contribution is 0.327. The van der Waals surface area contributed by atoms with Gasteiger partial charge in [-0.3, -0.25) is 0 Å². The number of fused-ring (bicyclic) bond motifs is 3. The Hall–Kier alpha value is -1.60. The molecule has 0 radical (unpaired) electrons. The van der Waals surface area contributed by atoms with E-state index in [-0.39, 0.29) is 11.2 Å². The Morgan fingerprint density at radius 2 is 1.93 bits per heavy atom. The van der Waals surface area contributed by atoms with Crippen molar-refractivity contribution in [1.29, 1.82) is 0 Å². The van der Waals surface area contributed by atoms with E-state index in [4.69, 9.17) is 4.74 Å². The second kappa shape index (κ2) is 2.50. The minimum Gasteiger partial charge on any atom is -0.344 e. The maximum atomic E-state index is 5.85. The molecule has 0 bridgehead atoms. The summed E-state index contributed by atoms with van der Waals surface area (Å²) in [7, 11) is 0. The molecule has 0 spiro atoms. The third-order valence-electron chi connectivity index (χ3n) is 3.33. The van der Waals surface area contributed by atoms with Gasteiger partial charge in [-0.2, -0.15) is 0 Å². The third kappa shape index (κ3) is 0.822. The molecule has 2 unspecified atom stereocenters. The number of benzene rings is 1. The summed E-state index contributed by atoms with van der Waals surface area (Å²) in [6.07, 6.45) is 7.87. The van der Waals surface area contributed by atoms with Gasteiger partial charge < -0.3 is 4.74 Å². The van der Waals surface area contributed by atoms with E-state index >= 15 is 0 Å². The molecule has 1 aromatic carbocycles. The predicted molar refractivity (Wildman–Crippen MR) is 61.4 cm³/mol. The van der Waals surface area contributed by atoms with Crippen molar-refractivity contribution in [3.63, 3.8) is 0 Å². The average molecular weight is 196 g/mol. The van der Waals surface area contributed by atoms with Gasteiger partial charge in [-0.25, -0.2) is 0 Å². The van der Waals surface area contributed by atoms with Gasteiger partial charge in [0.15, 0.2) is 0 Å². The molecule has 2 aliphatic rings. The number of rotatable bonds is 2. The van der Waals surface area contributed by atoms with Gasteiger partial charge in [-0.15, -0.1) is 0 Å². The Labute approximate surface area is 89.4 Å². The largest absolute Gasteiger partial charge is 0.344 e. The normalized spacial score (nSPS) is 35.2. The SMILES string of the molecule is C=CC12C=Cc3ccccc3C1(C=C)O2. The zero-order valence-corrected chi connectivity index (χ0v) is 8.44. The van der Waals surface area contributed by atoms with Crippen molar-refractivity contribution < 1.29 is 4.74 Å². The molecular formula is C14H12O. The van der Waals surface area contributed by atoms with E-state index < -0.39 is 0 Å². The highest BCUT2D eigenvalue weighted by molar-refractivity contribution is 5.68. The van der Waals surface area contributed by atoms with Crippen molar-refractivity contribution in [3.8, 4) is 0 Å². The summed E-state index contributed by atoms with van der Waals surface area (Å²) in [6.45, 7) is 7.72. The number of epoxide rings is 1. The zero-order valence-electron chi connectivity index (χ0n) is 8.44. The molecule has 0 saturated carbocycles. The Bertz CT molecular complexity index is 486. The van der Waals surface area contributed by atoms with Gasteiger partial charge in [-0.05, 0) is 17.2 Å². The summed E-state index contributed by atoms with van der Waals surface area (Å²) in [5.74, 6) is 0. The van der Waals surface area contributed by atoms with Gasteiger partial charge >= 0.3 is 0 Å². The monoisotopic (exact) mass is 196 g/mol. The molecule has 0 N–H and O–H groups in total. The highest BCUT2D eigenvalue weighted by atomic mass is 16.6. The summed E-state index contributed by atoms with van der Waals surface area (Å²) in [5.41, 5.74) is 1.65. The molecule has 3 rings (SSSR count). The van der Waals surface area contributed by atoms with Crippen LogP contribution in [0.1, 0.15) is 11.1 Å². The molecular weight excluding hydrogens is 184 g/mol. The predicted octanol–water partition coefficient (Wildman–Crippen LogP) is 3.05. The fraction of sp³-hybridized carbons (Fsp3) is 0.143. The summed E-state index contributed by atoms with van der Waals surface area (Å²) < 4.78 is 5.85. The van der Waals surface area contributed by atoms with E-state index in [1.807, 2.05) is 24.3 Å². The molecule has 1 fully saturated rings. The standard InChI is InChI=1S/C14H12O/c1-3-13-10-9-11-7-5-6-8-12(11)14(13,4-2)15-13/h3-10H,1-2H2. The van der Waals surface area contributed by atoms with Gasteiger partial charge in [0.05, 0.1) is 0 Å². The topological polar surface area (TPSA) is 12.5 Å². The Morgan fingerprint density at radius 3 is 2.67 bits per heavy atom. The van der Waals surface area contributed by atoms with Crippen LogP contribution in [0.3, 0.4) is 0 Å². The zero-order chi connectivity index (χ0) is 10.5. The average Bonchev–Trinajstić information content (AvgIpc) is 3.00. The second-order valence-electron chi connectivity index (χ2n) is 3.96. The molecule has 2 atom stereocenters. The van der Waals surface area contributed by atoms with E-state index in [1.165, 1.54) is 11.1 Å². The van der Waals surface area contributed by atoms with Crippen LogP contribution in [-0.2, 0) is 10.3 Å². The fourth-order valence-electron chi connectivity index (χ4n) is 2.43. The quantitative estimate of drug-likeness (QED) is 0.523. The lowest BCUT2D eigenvalue weighted by Gasteiger charge is -2.18. The first kappa shape index (κ1) is 8.69. The molecule has 1 heterocycles. The first-order valence-electron chi connectivity index (χ1n) is 5.04. The molecule has 0 amide bonds. The van der Waals surface area contributed by atoms with Crippen LogP contribution in [0.15, 0.2) is 55.7 Å². The van der Waals surface area contributed by atoms with Crippen molar-refractivity contribution in [2.75, 3.05) is 0 Å². The first-order valence-corrected chi connectivity index (χ1v) is 5.04. The van der Waals surface area contributed by atoms with Crippen LogP contribution in [-0.4, -0.2) is 5.60 Å². The van der Waals surface area contributed by atoms with E-state index in [2.05, 4.69) is 37.4 Å². The van der Waals surface area contributed by atoms with Crippen molar-refractivity contribution >= 4 is 6.08 Å². The summed E-state index contributed by atoms with van der Waals surface area (Å²) >= 11 is 0. The minimum atomic E-state index is -0.375. The molecule has 15 heavy (non-hydrogen) atoms. The molecule has 1 aliphatic carbocycles. The van der Waals surface area contributed by atoms with E-state index in [1.54, 1.807) is 0 Å². The van der Waals surface area contributed by atoms with Crippen molar-refractivity contribution in [1.82, 2.24) is 0 Å². The fourth-order valence-corrected chi connectivity index (χ4v) is 2.43. The molecule has 1 nitrogen and oxygen atoms in total. The summed E-state index contributed by atoms with van der Waals surface area (Å²) in [6, 6.07) is 8.24. The number of hydrogen-bond acceptors (Lipinski definition) is 1. The van der Waals surface area contributed by atoms with E-state index in [0.29, 0.717) is 0 Å². The van der Waals surface area contributed by atoms with Crippen LogP contribution in [0.4, 0.5) is 0 Å². The van der Waals surface area contributed by atoms with Crippen molar-refractivity contribution in [3.05, 3.63) is 66.8 Å². The molecule has 74 valence electrons. The van der Waals surface area contributed by atoms with Gasteiger partial charge in [-0.1, -0.05) is 55.7 Å². The Morgan fingerprint density at radius 1 is 1.13 bits per heavy atom. The molecule has 1 aliphatic heterocycles. The lowest BCUT2D eigenvalue weighted by atomic mass is 9.79. The van der Waals surface area contributed by atoms with Crippen LogP contribution in [0.2, 0.25) is 0 Å². The molecule has 1 heteroatoms. The van der Waals surface area contributed by atoms with Crippen molar-refractivity contribution in [2.45, 2.75) is 11.2 Å². The van der Waals surface area contributed by atoms with Gasteiger partial charge in [0, 0.05) is 0 Å². The van der Waals surface area contributed by atoms with E-state index in [0.717, 1.165) is 0 Å². The number of ether oxygens (including phenoxy) is 1. The molecule has 0 aromatic heterocycles. The van der Waals surface area contributed by atoms with Crippen LogP contribution in [0.25, 0.3) is 6.08 Å². The maximum absolute atomic E-state index is 5.85.